The second-order valence-electron chi connectivity index (χ2n) is 10.1. The molecule has 0 aromatic heterocycles. The van der Waals surface area contributed by atoms with Gasteiger partial charge in [0.1, 0.15) is 5.54 Å². The van der Waals surface area contributed by atoms with E-state index in [0.29, 0.717) is 32.2 Å². The van der Waals surface area contributed by atoms with Gasteiger partial charge in [0.05, 0.1) is 0 Å². The molecule has 0 amide bonds. The number of benzene rings is 1. The van der Waals surface area contributed by atoms with E-state index in [2.05, 4.69) is 16.5 Å². The van der Waals surface area contributed by atoms with Gasteiger partial charge in [-0.2, -0.15) is 30.6 Å². The molecule has 1 aromatic rings. The van der Waals surface area contributed by atoms with Gasteiger partial charge < -0.3 is 10.2 Å². The normalized spacial score (nSPS) is 31.2. The van der Waals surface area contributed by atoms with E-state index in [1.54, 1.807) is 6.92 Å². The molecule has 1 unspecified atom stereocenters. The topological polar surface area (TPSA) is 127 Å². The molecule has 2 aliphatic carbocycles. The standard InChI is InChI=1S/C22H33N3O4S.C2HF3O2/c1-16-8-10-19(11-9-16)24-12-14-25(15-13-24)30(28,29)23-22(21(26)27)17(2)20(22)18-6-4-3-5-7-18;3-2(4,5)1(6)7/h3-7,16-17,19-20,23H,8-15H2,1-2H3,(H,26,27);(H,6,7)/t16?,17?,19?,20-,22+;/m1./s1. The van der Waals surface area contributed by atoms with Crippen LogP contribution in [0.3, 0.4) is 0 Å². The van der Waals surface area contributed by atoms with Crippen LogP contribution >= 0.6 is 0 Å². The Morgan fingerprint density at radius 2 is 1.49 bits per heavy atom. The fraction of sp³-hybridized carbons (Fsp3) is 0.667. The van der Waals surface area contributed by atoms with Crippen molar-refractivity contribution in [1.29, 1.82) is 0 Å². The van der Waals surface area contributed by atoms with Gasteiger partial charge in [0.15, 0.2) is 0 Å². The molecule has 1 heterocycles. The summed E-state index contributed by atoms with van der Waals surface area (Å²) in [5.41, 5.74) is -0.622. The first-order valence-electron chi connectivity index (χ1n) is 12.3. The predicted molar refractivity (Wildman–Crippen MR) is 129 cm³/mol. The molecule has 3 N–H and O–H groups in total. The summed E-state index contributed by atoms with van der Waals surface area (Å²) >= 11 is 0. The summed E-state index contributed by atoms with van der Waals surface area (Å²) in [7, 11) is -3.88. The summed E-state index contributed by atoms with van der Waals surface area (Å²) in [6.45, 7) is 6.32. The minimum Gasteiger partial charge on any atom is -0.480 e. The van der Waals surface area contributed by atoms with E-state index in [9.17, 15) is 31.5 Å². The Morgan fingerprint density at radius 1 is 0.973 bits per heavy atom. The largest absolute Gasteiger partial charge is 0.490 e. The molecule has 3 fully saturated rings. The second kappa shape index (κ2) is 11.3. The minimum atomic E-state index is -5.08. The fourth-order valence-corrected chi connectivity index (χ4v) is 7.10. The first-order chi connectivity index (χ1) is 17.2. The number of hydrogen-bond donors (Lipinski definition) is 3. The molecule has 208 valence electrons. The number of carbonyl (C=O) groups is 2. The molecule has 1 aromatic carbocycles. The van der Waals surface area contributed by atoms with Gasteiger partial charge in [-0.1, -0.05) is 44.2 Å². The van der Waals surface area contributed by atoms with Crippen LogP contribution in [-0.4, -0.2) is 83.7 Å². The third kappa shape index (κ3) is 6.62. The van der Waals surface area contributed by atoms with Crippen LogP contribution < -0.4 is 4.72 Å². The van der Waals surface area contributed by atoms with Gasteiger partial charge in [0.25, 0.3) is 10.2 Å². The van der Waals surface area contributed by atoms with E-state index >= 15 is 0 Å². The lowest BCUT2D eigenvalue weighted by atomic mass is 9.86. The van der Waals surface area contributed by atoms with Crippen LogP contribution in [0, 0.1) is 11.8 Å². The lowest BCUT2D eigenvalue weighted by Gasteiger charge is -2.41. The smallest absolute Gasteiger partial charge is 0.480 e. The highest BCUT2D eigenvalue weighted by atomic mass is 32.2. The molecule has 3 atom stereocenters. The number of hydrogen-bond acceptors (Lipinski definition) is 5. The summed E-state index contributed by atoms with van der Waals surface area (Å²) < 4.78 is 62.0. The van der Waals surface area contributed by atoms with Crippen LogP contribution in [-0.2, 0) is 19.8 Å². The molecule has 0 spiro atoms. The van der Waals surface area contributed by atoms with Gasteiger partial charge in [0.2, 0.25) is 0 Å². The number of aliphatic carboxylic acids is 2. The van der Waals surface area contributed by atoms with E-state index < -0.39 is 33.9 Å². The lowest BCUT2D eigenvalue weighted by molar-refractivity contribution is -0.192. The van der Waals surface area contributed by atoms with E-state index in [4.69, 9.17) is 9.90 Å². The molecular weight excluding hydrogens is 515 g/mol. The first-order valence-corrected chi connectivity index (χ1v) is 13.8. The number of nitrogens with zero attached hydrogens (tertiary/aromatic N) is 2. The Hall–Kier alpha value is -2.22. The maximum atomic E-state index is 13.1. The summed E-state index contributed by atoms with van der Waals surface area (Å²) in [5, 5.41) is 17.1. The molecule has 3 aliphatic rings. The third-order valence-electron chi connectivity index (χ3n) is 7.77. The fourth-order valence-electron chi connectivity index (χ4n) is 5.50. The SMILES string of the molecule is CC1CCC(N2CCN(S(=O)(=O)N[C@@]3(C(=O)O)C(C)[C@@H]3c3ccccc3)CC2)CC1.O=C(O)C(F)(F)F. The Balaban J connectivity index is 0.000000479. The van der Waals surface area contributed by atoms with Crippen molar-refractivity contribution in [3.8, 4) is 0 Å². The highest BCUT2D eigenvalue weighted by Crippen LogP contribution is 2.58. The number of piperazine rings is 1. The number of nitrogens with one attached hydrogen (secondary N) is 1. The monoisotopic (exact) mass is 549 g/mol. The van der Waals surface area contributed by atoms with Crippen LogP contribution in [0.25, 0.3) is 0 Å². The Labute approximate surface area is 214 Å². The van der Waals surface area contributed by atoms with E-state index in [1.807, 2.05) is 30.3 Å². The average molecular weight is 550 g/mol. The van der Waals surface area contributed by atoms with Gasteiger partial charge in [-0.3, -0.25) is 9.69 Å². The van der Waals surface area contributed by atoms with Gasteiger partial charge >= 0.3 is 18.1 Å². The number of alkyl halides is 3. The highest BCUT2D eigenvalue weighted by molar-refractivity contribution is 7.87. The molecule has 2 saturated carbocycles. The summed E-state index contributed by atoms with van der Waals surface area (Å²) in [6, 6.07) is 9.86. The number of halogens is 3. The zero-order chi connectivity index (χ0) is 27.6. The molecule has 9 nitrogen and oxygen atoms in total. The van der Waals surface area contributed by atoms with Crippen molar-refractivity contribution in [1.82, 2.24) is 13.9 Å². The first kappa shape index (κ1) is 29.3. The van der Waals surface area contributed by atoms with E-state index in [-0.39, 0.29) is 11.8 Å². The summed E-state index contributed by atoms with van der Waals surface area (Å²) in [5.74, 6) is -3.75. The predicted octanol–water partition coefficient (Wildman–Crippen LogP) is 2.91. The van der Waals surface area contributed by atoms with Crippen molar-refractivity contribution >= 4 is 22.1 Å². The van der Waals surface area contributed by atoms with Crippen molar-refractivity contribution in [2.24, 2.45) is 11.8 Å². The van der Waals surface area contributed by atoms with Crippen molar-refractivity contribution in [2.45, 2.75) is 63.2 Å². The van der Waals surface area contributed by atoms with Gasteiger partial charge in [-0.05, 0) is 43.1 Å². The summed E-state index contributed by atoms with van der Waals surface area (Å²) in [4.78, 5) is 23.5. The van der Waals surface area contributed by atoms with Gasteiger partial charge in [0, 0.05) is 38.1 Å². The van der Waals surface area contributed by atoms with E-state index in [0.717, 1.165) is 11.5 Å². The summed E-state index contributed by atoms with van der Waals surface area (Å²) in [6.07, 6.45) is -0.232. The number of carboxylic acid groups (broad SMARTS) is 2. The van der Waals surface area contributed by atoms with Crippen LogP contribution in [0.5, 0.6) is 0 Å². The Morgan fingerprint density at radius 3 is 1.95 bits per heavy atom. The molecule has 0 bridgehead atoms. The molecule has 1 saturated heterocycles. The van der Waals surface area contributed by atoms with Crippen molar-refractivity contribution in [2.75, 3.05) is 26.2 Å². The molecule has 0 radical (unpaired) electrons. The molecule has 1 aliphatic heterocycles. The van der Waals surface area contributed by atoms with Crippen LogP contribution in [0.1, 0.15) is 51.0 Å². The maximum absolute atomic E-state index is 13.1. The molecular formula is C24H34F3N3O6S. The van der Waals surface area contributed by atoms with Crippen LogP contribution in [0.2, 0.25) is 0 Å². The highest BCUT2D eigenvalue weighted by Gasteiger charge is 2.70. The van der Waals surface area contributed by atoms with Crippen molar-refractivity contribution in [3.63, 3.8) is 0 Å². The molecule has 4 rings (SSSR count). The van der Waals surface area contributed by atoms with Gasteiger partial charge in [-0.25, -0.2) is 4.79 Å². The zero-order valence-electron chi connectivity index (χ0n) is 20.8. The van der Waals surface area contributed by atoms with Crippen molar-refractivity contribution in [3.05, 3.63) is 35.9 Å². The molecule has 13 heteroatoms. The quantitative estimate of drug-likeness (QED) is 0.498. The Bertz CT molecular complexity index is 1060. The number of carboxylic acids is 2. The van der Waals surface area contributed by atoms with E-state index in [1.165, 1.54) is 30.0 Å². The van der Waals surface area contributed by atoms with Crippen LogP contribution in [0.15, 0.2) is 30.3 Å². The van der Waals surface area contributed by atoms with Crippen molar-refractivity contribution < 1.29 is 41.4 Å². The minimum absolute atomic E-state index is 0.308. The third-order valence-corrected chi connectivity index (χ3v) is 9.41. The lowest BCUT2D eigenvalue weighted by Crippen LogP contribution is -2.58. The molecule has 37 heavy (non-hydrogen) atoms. The van der Waals surface area contributed by atoms with Crippen LogP contribution in [0.4, 0.5) is 13.2 Å². The second-order valence-corrected chi connectivity index (χ2v) is 11.8. The van der Waals surface area contributed by atoms with Gasteiger partial charge in [-0.15, -0.1) is 0 Å². The number of rotatable bonds is 6. The maximum Gasteiger partial charge on any atom is 0.490 e. The zero-order valence-corrected chi connectivity index (χ0v) is 21.6. The average Bonchev–Trinajstić information content (AvgIpc) is 3.43. The Kier molecular flexibility index (Phi) is 8.93.